The quantitative estimate of drug-likeness (QED) is 0.316. The Hall–Kier alpha value is -1.43. The number of thiophene rings is 1. The van der Waals surface area contributed by atoms with Crippen molar-refractivity contribution in [2.45, 2.75) is 38.1 Å². The first kappa shape index (κ1) is 18.0. The molecule has 3 aromatic rings. The molecule has 0 amide bonds. The summed E-state index contributed by atoms with van der Waals surface area (Å²) in [7, 11) is 0. The molecular formula is C20H19ClN2OS2. The number of nitrogens with zero attached hydrogens (tertiary/aromatic N) is 2. The molecule has 1 atom stereocenters. The molecule has 2 aromatic heterocycles. The van der Waals surface area contributed by atoms with Gasteiger partial charge in [0.2, 0.25) is 0 Å². The number of aromatic nitrogens is 2. The second-order valence-electron chi connectivity index (χ2n) is 6.83. The van der Waals surface area contributed by atoms with Crippen molar-refractivity contribution in [3.05, 3.63) is 51.1 Å². The van der Waals surface area contributed by atoms with Crippen LogP contribution in [-0.2, 0) is 12.8 Å². The number of thioether (sulfide) groups is 1. The SMILES string of the molecule is Cc1nc(SCC(=O)c2ccc(Cl)cc2)c2c3c(sc2n1)CC(C)CC3. The fourth-order valence-corrected chi connectivity index (χ4v) is 5.98. The Bertz CT molecular complexity index is 982. The Labute approximate surface area is 166 Å². The third-order valence-electron chi connectivity index (χ3n) is 4.74. The van der Waals surface area contributed by atoms with E-state index in [4.69, 9.17) is 11.6 Å². The summed E-state index contributed by atoms with van der Waals surface area (Å²) in [5.41, 5.74) is 2.09. The van der Waals surface area contributed by atoms with Crippen molar-refractivity contribution in [1.29, 1.82) is 0 Å². The van der Waals surface area contributed by atoms with Crippen LogP contribution in [0.25, 0.3) is 10.2 Å². The molecule has 6 heteroatoms. The molecule has 2 heterocycles. The highest BCUT2D eigenvalue weighted by Crippen LogP contribution is 2.41. The molecule has 0 N–H and O–H groups in total. The summed E-state index contributed by atoms with van der Waals surface area (Å²) in [5, 5.41) is 2.76. The standard InChI is InChI=1S/C20H19ClN2OS2/c1-11-3-8-15-17(9-11)26-20-18(15)19(22-12(2)23-20)25-10-16(24)13-4-6-14(21)7-5-13/h4-7,11H,3,8-10H2,1-2H3. The molecule has 1 aliphatic carbocycles. The lowest BCUT2D eigenvalue weighted by atomic mass is 9.89. The summed E-state index contributed by atoms with van der Waals surface area (Å²) in [6.07, 6.45) is 3.42. The van der Waals surface area contributed by atoms with Crippen LogP contribution >= 0.6 is 34.7 Å². The van der Waals surface area contributed by atoms with E-state index in [0.29, 0.717) is 16.3 Å². The summed E-state index contributed by atoms with van der Waals surface area (Å²) in [6, 6.07) is 7.06. The van der Waals surface area contributed by atoms with Crippen LogP contribution in [0, 0.1) is 12.8 Å². The molecule has 0 saturated heterocycles. The van der Waals surface area contributed by atoms with E-state index in [1.165, 1.54) is 34.0 Å². The molecule has 1 aromatic carbocycles. The van der Waals surface area contributed by atoms with E-state index in [9.17, 15) is 4.79 Å². The minimum atomic E-state index is 0.0915. The number of hydrogen-bond donors (Lipinski definition) is 0. The number of rotatable bonds is 4. The van der Waals surface area contributed by atoms with Gasteiger partial charge in [0.15, 0.2) is 5.78 Å². The lowest BCUT2D eigenvalue weighted by Gasteiger charge is -2.18. The largest absolute Gasteiger partial charge is 0.293 e. The van der Waals surface area contributed by atoms with Crippen LogP contribution in [0.3, 0.4) is 0 Å². The average Bonchev–Trinajstić information content (AvgIpc) is 2.96. The summed E-state index contributed by atoms with van der Waals surface area (Å²) in [5.74, 6) is 1.96. The zero-order chi connectivity index (χ0) is 18.3. The van der Waals surface area contributed by atoms with Crippen LogP contribution in [0.1, 0.15) is 40.0 Å². The van der Waals surface area contributed by atoms with Crippen molar-refractivity contribution < 1.29 is 4.79 Å². The maximum atomic E-state index is 12.5. The number of fused-ring (bicyclic) bond motifs is 3. The number of carbonyl (C=O) groups is 1. The minimum absolute atomic E-state index is 0.0915. The molecule has 0 aliphatic heterocycles. The van der Waals surface area contributed by atoms with Crippen molar-refractivity contribution in [2.75, 3.05) is 5.75 Å². The molecular weight excluding hydrogens is 384 g/mol. The van der Waals surface area contributed by atoms with Gasteiger partial charge in [0.05, 0.1) is 5.75 Å². The normalized spacial score (nSPS) is 16.7. The Kier molecular flexibility index (Phi) is 5.04. The van der Waals surface area contributed by atoms with Gasteiger partial charge in [-0.05, 0) is 61.9 Å². The second-order valence-corrected chi connectivity index (χ2v) is 9.31. The Morgan fingerprint density at radius 2 is 2.08 bits per heavy atom. The summed E-state index contributed by atoms with van der Waals surface area (Å²) < 4.78 is 0. The molecule has 3 nitrogen and oxygen atoms in total. The first-order valence-electron chi connectivity index (χ1n) is 8.71. The average molecular weight is 403 g/mol. The molecule has 0 spiro atoms. The van der Waals surface area contributed by atoms with Crippen LogP contribution in [-0.4, -0.2) is 21.5 Å². The number of ketones is 1. The number of Topliss-reactive ketones (excluding diaryl/α,β-unsaturated/α-hetero) is 1. The number of hydrogen-bond acceptors (Lipinski definition) is 5. The van der Waals surface area contributed by atoms with Crippen LogP contribution in [0.2, 0.25) is 5.02 Å². The fraction of sp³-hybridized carbons (Fsp3) is 0.350. The lowest BCUT2D eigenvalue weighted by molar-refractivity contribution is 0.102. The number of carbonyl (C=O) groups excluding carboxylic acids is 1. The third-order valence-corrected chi connectivity index (χ3v) is 7.12. The van der Waals surface area contributed by atoms with E-state index in [2.05, 4.69) is 16.9 Å². The predicted molar refractivity (Wildman–Crippen MR) is 110 cm³/mol. The molecule has 0 radical (unpaired) electrons. The van der Waals surface area contributed by atoms with Gasteiger partial charge in [-0.2, -0.15) is 0 Å². The van der Waals surface area contributed by atoms with Gasteiger partial charge in [-0.15, -0.1) is 11.3 Å². The highest BCUT2D eigenvalue weighted by Gasteiger charge is 2.24. The Morgan fingerprint density at radius 3 is 2.85 bits per heavy atom. The second kappa shape index (κ2) is 7.29. The maximum absolute atomic E-state index is 12.5. The fourth-order valence-electron chi connectivity index (χ4n) is 3.37. The van der Waals surface area contributed by atoms with Gasteiger partial charge in [0.25, 0.3) is 0 Å². The predicted octanol–water partition coefficient (Wildman–Crippen LogP) is 5.75. The van der Waals surface area contributed by atoms with Gasteiger partial charge in [-0.1, -0.05) is 30.3 Å². The van der Waals surface area contributed by atoms with Crippen LogP contribution in [0.5, 0.6) is 0 Å². The van der Waals surface area contributed by atoms with Crippen molar-refractivity contribution in [3.63, 3.8) is 0 Å². The highest BCUT2D eigenvalue weighted by molar-refractivity contribution is 8.00. The van der Waals surface area contributed by atoms with Crippen LogP contribution in [0.4, 0.5) is 0 Å². The lowest BCUT2D eigenvalue weighted by Crippen LogP contribution is -2.09. The summed E-state index contributed by atoms with van der Waals surface area (Å²) >= 11 is 9.23. The first-order chi connectivity index (χ1) is 12.5. The van der Waals surface area contributed by atoms with Gasteiger partial charge >= 0.3 is 0 Å². The molecule has 0 saturated carbocycles. The van der Waals surface area contributed by atoms with Crippen molar-refractivity contribution >= 4 is 50.7 Å². The zero-order valence-electron chi connectivity index (χ0n) is 14.7. The van der Waals surface area contributed by atoms with Gasteiger partial charge in [0, 0.05) is 20.8 Å². The topological polar surface area (TPSA) is 42.9 Å². The van der Waals surface area contributed by atoms with E-state index in [0.717, 1.165) is 34.4 Å². The van der Waals surface area contributed by atoms with E-state index in [1.807, 2.05) is 6.92 Å². The van der Waals surface area contributed by atoms with E-state index in [1.54, 1.807) is 35.6 Å². The van der Waals surface area contributed by atoms with E-state index < -0.39 is 0 Å². The monoisotopic (exact) mass is 402 g/mol. The highest BCUT2D eigenvalue weighted by atomic mass is 35.5. The molecule has 134 valence electrons. The molecule has 0 fully saturated rings. The minimum Gasteiger partial charge on any atom is -0.293 e. The van der Waals surface area contributed by atoms with Crippen molar-refractivity contribution in [1.82, 2.24) is 9.97 Å². The Morgan fingerprint density at radius 1 is 1.31 bits per heavy atom. The molecule has 1 aliphatic rings. The molecule has 26 heavy (non-hydrogen) atoms. The van der Waals surface area contributed by atoms with Crippen LogP contribution < -0.4 is 0 Å². The Balaban J connectivity index is 1.63. The third kappa shape index (κ3) is 3.53. The van der Waals surface area contributed by atoms with Crippen molar-refractivity contribution in [3.8, 4) is 0 Å². The van der Waals surface area contributed by atoms with Gasteiger partial charge in [-0.3, -0.25) is 4.79 Å². The van der Waals surface area contributed by atoms with E-state index in [-0.39, 0.29) is 5.78 Å². The number of halogens is 1. The van der Waals surface area contributed by atoms with Gasteiger partial charge in [-0.25, -0.2) is 9.97 Å². The smallest absolute Gasteiger partial charge is 0.173 e. The van der Waals surface area contributed by atoms with Gasteiger partial charge < -0.3 is 0 Å². The van der Waals surface area contributed by atoms with Gasteiger partial charge in [0.1, 0.15) is 15.7 Å². The van der Waals surface area contributed by atoms with Crippen molar-refractivity contribution in [2.24, 2.45) is 5.92 Å². The summed E-state index contributed by atoms with van der Waals surface area (Å²) in [6.45, 7) is 4.23. The maximum Gasteiger partial charge on any atom is 0.173 e. The molecule has 4 rings (SSSR count). The number of benzene rings is 1. The first-order valence-corrected chi connectivity index (χ1v) is 10.9. The zero-order valence-corrected chi connectivity index (χ0v) is 17.1. The molecule has 0 bridgehead atoms. The summed E-state index contributed by atoms with van der Waals surface area (Å²) in [4.78, 5) is 24.4. The molecule has 1 unspecified atom stereocenters. The van der Waals surface area contributed by atoms with E-state index >= 15 is 0 Å². The van der Waals surface area contributed by atoms with Crippen LogP contribution in [0.15, 0.2) is 29.3 Å². The number of aryl methyl sites for hydroxylation is 2.